The predicted octanol–water partition coefficient (Wildman–Crippen LogP) is -0.353. The van der Waals surface area contributed by atoms with Gasteiger partial charge in [0.1, 0.15) is 6.10 Å². The monoisotopic (exact) mass is 396 g/mol. The second kappa shape index (κ2) is 9.42. The van der Waals surface area contributed by atoms with Crippen LogP contribution in [-0.4, -0.2) is 114 Å². The number of piperazine rings is 1. The molecule has 0 aromatic rings. The van der Waals surface area contributed by atoms with Gasteiger partial charge in [-0.1, -0.05) is 0 Å². The lowest BCUT2D eigenvalue weighted by atomic mass is 10.0. The molecule has 0 saturated carbocycles. The molecule has 28 heavy (non-hydrogen) atoms. The summed E-state index contributed by atoms with van der Waals surface area (Å²) in [6, 6.07) is 0.166. The lowest BCUT2D eigenvalue weighted by Crippen LogP contribution is -2.50. The number of ether oxygens (including phenoxy) is 1. The fourth-order valence-corrected chi connectivity index (χ4v) is 4.29. The number of nitrogens with zero attached hydrogens (tertiary/aromatic N) is 4. The number of nitrogens with one attached hydrogen (secondary N) is 1. The van der Waals surface area contributed by atoms with Gasteiger partial charge in [0.2, 0.25) is 0 Å². The van der Waals surface area contributed by atoms with Crippen molar-refractivity contribution >= 4 is 18.0 Å². The maximum atomic E-state index is 12.3. The van der Waals surface area contributed by atoms with Crippen LogP contribution in [0.15, 0.2) is 0 Å². The number of hydrogen-bond acceptors (Lipinski definition) is 6. The van der Waals surface area contributed by atoms with Gasteiger partial charge in [0, 0.05) is 58.3 Å². The number of aliphatic carboxylic acids is 1. The van der Waals surface area contributed by atoms with Gasteiger partial charge in [-0.05, 0) is 25.8 Å². The van der Waals surface area contributed by atoms with E-state index in [-0.39, 0.29) is 30.6 Å². The number of amides is 1. The van der Waals surface area contributed by atoms with Crippen LogP contribution >= 0.6 is 0 Å². The topological polar surface area (TPSA) is 126 Å². The van der Waals surface area contributed by atoms with Crippen LogP contribution in [0.5, 0.6) is 0 Å². The molecule has 0 radical (unpaired) electrons. The lowest BCUT2D eigenvalue weighted by molar-refractivity contribution is -0.137. The Kier molecular flexibility index (Phi) is 6.95. The number of carbonyl (C=O) groups is 2. The smallest absolute Gasteiger partial charge is 0.410 e. The molecule has 0 bridgehead atoms. The summed E-state index contributed by atoms with van der Waals surface area (Å²) in [7, 11) is 0. The van der Waals surface area contributed by atoms with E-state index >= 15 is 0 Å². The Hall–Kier alpha value is -2.07. The molecule has 0 aromatic carbocycles. The van der Waals surface area contributed by atoms with Gasteiger partial charge in [-0.25, -0.2) is 4.79 Å². The van der Waals surface area contributed by atoms with Crippen LogP contribution in [0, 0.1) is 5.41 Å². The molecule has 3 fully saturated rings. The quantitative estimate of drug-likeness (QED) is 0.394. The second-order valence-corrected chi connectivity index (χ2v) is 7.90. The molecular formula is C18H32N6O4. The molecule has 0 spiro atoms. The Morgan fingerprint density at radius 2 is 1.79 bits per heavy atom. The molecule has 1 unspecified atom stereocenters. The van der Waals surface area contributed by atoms with Crippen LogP contribution < -0.4 is 5.73 Å². The molecular weight excluding hydrogens is 364 g/mol. The van der Waals surface area contributed by atoms with Crippen molar-refractivity contribution < 1.29 is 19.4 Å². The fourth-order valence-electron chi connectivity index (χ4n) is 4.29. The van der Waals surface area contributed by atoms with Gasteiger partial charge in [-0.3, -0.25) is 15.1 Å². The number of piperidine rings is 1. The summed E-state index contributed by atoms with van der Waals surface area (Å²) in [5.74, 6) is -0.638. The molecule has 1 amide bonds. The van der Waals surface area contributed by atoms with Gasteiger partial charge in [0.15, 0.2) is 5.96 Å². The summed E-state index contributed by atoms with van der Waals surface area (Å²) in [5.41, 5.74) is 5.54. The molecule has 4 N–H and O–H groups in total. The molecule has 1 atom stereocenters. The molecule has 3 rings (SSSR count). The first-order valence-corrected chi connectivity index (χ1v) is 10.1. The maximum Gasteiger partial charge on any atom is 0.410 e. The number of hydrogen-bond donors (Lipinski definition) is 3. The van der Waals surface area contributed by atoms with Crippen molar-refractivity contribution in [2.75, 3.05) is 58.9 Å². The van der Waals surface area contributed by atoms with Crippen LogP contribution in [0.1, 0.15) is 25.7 Å². The van der Waals surface area contributed by atoms with Crippen molar-refractivity contribution in [3.63, 3.8) is 0 Å². The Morgan fingerprint density at radius 3 is 2.39 bits per heavy atom. The zero-order valence-electron chi connectivity index (χ0n) is 16.4. The van der Waals surface area contributed by atoms with E-state index in [4.69, 9.17) is 21.0 Å². The summed E-state index contributed by atoms with van der Waals surface area (Å²) in [6.45, 7) is 7.29. The standard InChI is InChI=1S/C18H32N6O4/c19-17(20)23-6-3-14(4-7-23)24-13-15(28-18(24)27)12-22-10-8-21(9-11-22)5-1-2-16(25)26/h14-15H,1-13H2,(H3,19,20)(H,25,26). The Morgan fingerprint density at radius 1 is 1.14 bits per heavy atom. The molecule has 3 heterocycles. The van der Waals surface area contributed by atoms with Gasteiger partial charge < -0.3 is 30.3 Å². The highest BCUT2D eigenvalue weighted by atomic mass is 16.6. The number of nitrogens with two attached hydrogens (primary N) is 1. The summed E-state index contributed by atoms with van der Waals surface area (Å²) in [5, 5.41) is 16.2. The molecule has 3 saturated heterocycles. The third-order valence-corrected chi connectivity index (χ3v) is 5.94. The Balaban J connectivity index is 1.37. The number of rotatable bonds is 7. The van der Waals surface area contributed by atoms with Crippen molar-refractivity contribution in [1.82, 2.24) is 19.6 Å². The average molecular weight is 396 g/mol. The molecule has 158 valence electrons. The maximum absolute atomic E-state index is 12.3. The largest absolute Gasteiger partial charge is 0.481 e. The van der Waals surface area contributed by atoms with Gasteiger partial charge in [-0.15, -0.1) is 0 Å². The number of cyclic esters (lactones) is 1. The van der Waals surface area contributed by atoms with E-state index in [9.17, 15) is 9.59 Å². The molecule has 3 aliphatic rings. The van der Waals surface area contributed by atoms with Crippen LogP contribution in [0.2, 0.25) is 0 Å². The van der Waals surface area contributed by atoms with E-state index in [1.807, 2.05) is 9.80 Å². The minimum absolute atomic E-state index is 0.0995. The van der Waals surface area contributed by atoms with Gasteiger partial charge >= 0.3 is 12.1 Å². The Bertz CT molecular complexity index is 572. The number of carboxylic acid groups (broad SMARTS) is 1. The highest BCUT2D eigenvalue weighted by Crippen LogP contribution is 2.23. The van der Waals surface area contributed by atoms with Gasteiger partial charge in [-0.2, -0.15) is 0 Å². The predicted molar refractivity (Wildman–Crippen MR) is 103 cm³/mol. The van der Waals surface area contributed by atoms with Crippen molar-refractivity contribution in [2.45, 2.75) is 37.8 Å². The summed E-state index contributed by atoms with van der Waals surface area (Å²) < 4.78 is 5.61. The second-order valence-electron chi connectivity index (χ2n) is 7.90. The summed E-state index contributed by atoms with van der Waals surface area (Å²) in [4.78, 5) is 31.2. The number of carbonyl (C=O) groups excluding carboxylic acids is 1. The van der Waals surface area contributed by atoms with Crippen molar-refractivity contribution in [3.05, 3.63) is 0 Å². The van der Waals surface area contributed by atoms with E-state index in [2.05, 4.69) is 9.80 Å². The average Bonchev–Trinajstić information content (AvgIpc) is 3.03. The van der Waals surface area contributed by atoms with Gasteiger partial charge in [0.25, 0.3) is 0 Å². The highest BCUT2D eigenvalue weighted by Gasteiger charge is 2.38. The van der Waals surface area contributed by atoms with Crippen molar-refractivity contribution in [1.29, 1.82) is 5.41 Å². The van der Waals surface area contributed by atoms with E-state index < -0.39 is 5.97 Å². The lowest BCUT2D eigenvalue weighted by Gasteiger charge is -2.36. The summed E-state index contributed by atoms with van der Waals surface area (Å²) >= 11 is 0. The van der Waals surface area contributed by atoms with E-state index in [0.29, 0.717) is 26.1 Å². The van der Waals surface area contributed by atoms with E-state index in [1.54, 1.807) is 0 Å². The van der Waals surface area contributed by atoms with Crippen LogP contribution in [0.25, 0.3) is 0 Å². The Labute approximate surface area is 165 Å². The summed E-state index contributed by atoms with van der Waals surface area (Å²) in [6.07, 6.45) is 2.22. The number of carboxylic acids is 1. The highest BCUT2D eigenvalue weighted by molar-refractivity contribution is 5.74. The minimum Gasteiger partial charge on any atom is -0.481 e. The van der Waals surface area contributed by atoms with E-state index in [0.717, 1.165) is 52.1 Å². The normalized spacial score (nSPS) is 25.1. The third kappa shape index (κ3) is 5.48. The fraction of sp³-hybridized carbons (Fsp3) is 0.833. The van der Waals surface area contributed by atoms with Gasteiger partial charge in [0.05, 0.1) is 6.54 Å². The molecule has 3 aliphatic heterocycles. The third-order valence-electron chi connectivity index (χ3n) is 5.94. The molecule has 0 aromatic heterocycles. The van der Waals surface area contributed by atoms with Crippen LogP contribution in [0.3, 0.4) is 0 Å². The molecule has 10 nitrogen and oxygen atoms in total. The molecule has 0 aliphatic carbocycles. The molecule has 10 heteroatoms. The number of likely N-dealkylation sites (tertiary alicyclic amines) is 1. The zero-order chi connectivity index (χ0) is 20.1. The van der Waals surface area contributed by atoms with Crippen LogP contribution in [-0.2, 0) is 9.53 Å². The number of guanidine groups is 1. The first-order valence-electron chi connectivity index (χ1n) is 10.1. The first-order chi connectivity index (χ1) is 13.4. The SMILES string of the molecule is N=C(N)N1CCC(N2CC(CN3CCN(CCCC(=O)O)CC3)OC2=O)CC1. The van der Waals surface area contributed by atoms with Crippen molar-refractivity contribution in [2.24, 2.45) is 5.73 Å². The zero-order valence-corrected chi connectivity index (χ0v) is 16.4. The van der Waals surface area contributed by atoms with E-state index in [1.165, 1.54) is 0 Å². The van der Waals surface area contributed by atoms with Crippen molar-refractivity contribution in [3.8, 4) is 0 Å². The minimum atomic E-state index is -0.738. The first kappa shape index (κ1) is 20.7. The van der Waals surface area contributed by atoms with Crippen LogP contribution in [0.4, 0.5) is 4.79 Å².